The van der Waals surface area contributed by atoms with Crippen molar-refractivity contribution in [2.24, 2.45) is 5.92 Å². The van der Waals surface area contributed by atoms with Gasteiger partial charge in [-0.1, -0.05) is 12.1 Å². The third kappa shape index (κ3) is 4.81. The molecule has 1 aromatic carbocycles. The number of hydrogen-bond acceptors (Lipinski definition) is 6. The fourth-order valence-electron chi connectivity index (χ4n) is 2.99. The molecule has 144 valence electrons. The van der Waals surface area contributed by atoms with Crippen molar-refractivity contribution in [2.75, 3.05) is 26.0 Å². The zero-order chi connectivity index (χ0) is 19.4. The van der Waals surface area contributed by atoms with Crippen molar-refractivity contribution in [3.63, 3.8) is 0 Å². The molecule has 3 rings (SSSR count). The molecule has 27 heavy (non-hydrogen) atoms. The van der Waals surface area contributed by atoms with Crippen LogP contribution in [-0.2, 0) is 9.84 Å². The Kier molecular flexibility index (Phi) is 5.71. The molecule has 9 heteroatoms. The molecule has 0 amide bonds. The molecule has 2 N–H and O–H groups in total. The van der Waals surface area contributed by atoms with Gasteiger partial charge in [-0.3, -0.25) is 0 Å². The minimum Gasteiger partial charge on any atom is -0.472 e. The lowest BCUT2D eigenvalue weighted by Crippen LogP contribution is -2.30. The van der Waals surface area contributed by atoms with Crippen LogP contribution in [0, 0.1) is 10.8 Å². The zero-order valence-corrected chi connectivity index (χ0v) is 15.8. The van der Waals surface area contributed by atoms with Gasteiger partial charge in [0.1, 0.15) is 0 Å². The monoisotopic (exact) mass is 392 g/mol. The summed E-state index contributed by atoms with van der Waals surface area (Å²) in [6.45, 7) is 2.30. The number of benzene rings is 1. The molecule has 0 unspecified atom stereocenters. The van der Waals surface area contributed by atoms with E-state index in [4.69, 9.17) is 4.74 Å². The Morgan fingerprint density at radius 3 is 2.48 bits per heavy atom. The fraction of sp³-hybridized carbons (Fsp3) is 0.389. The van der Waals surface area contributed by atoms with Gasteiger partial charge in [-0.25, -0.2) is 18.6 Å². The second-order valence-electron chi connectivity index (χ2n) is 6.62. The van der Waals surface area contributed by atoms with E-state index in [1.54, 1.807) is 12.1 Å². The second-order valence-corrected chi connectivity index (χ2v) is 8.64. The number of ether oxygens (including phenoxy) is 1. The summed E-state index contributed by atoms with van der Waals surface area (Å²) in [5, 5.41) is 12.7. The van der Waals surface area contributed by atoms with Crippen molar-refractivity contribution < 1.29 is 23.3 Å². The van der Waals surface area contributed by atoms with E-state index in [1.165, 1.54) is 24.4 Å². The molecule has 2 heterocycles. The van der Waals surface area contributed by atoms with E-state index in [-0.39, 0.29) is 21.4 Å². The molecule has 2 aromatic rings. The van der Waals surface area contributed by atoms with Crippen LogP contribution in [0.25, 0.3) is 11.1 Å². The van der Waals surface area contributed by atoms with E-state index in [0.29, 0.717) is 23.7 Å². The van der Waals surface area contributed by atoms with Gasteiger partial charge in [-0.05, 0) is 49.5 Å². The molecule has 0 radical (unpaired) electrons. The predicted octanol–water partition coefficient (Wildman–Crippen LogP) is 2.33. The minimum absolute atomic E-state index is 0.0718. The van der Waals surface area contributed by atoms with Crippen LogP contribution in [0.4, 0.5) is 5.69 Å². The third-order valence-electron chi connectivity index (χ3n) is 4.57. The molecular weight excluding hydrogens is 370 g/mol. The highest BCUT2D eigenvalue weighted by Crippen LogP contribution is 2.31. The Balaban J connectivity index is 1.81. The fourth-order valence-corrected chi connectivity index (χ4v) is 3.62. The first-order chi connectivity index (χ1) is 12.8. The van der Waals surface area contributed by atoms with Crippen molar-refractivity contribution in [3.8, 4) is 17.0 Å². The van der Waals surface area contributed by atoms with Gasteiger partial charge < -0.3 is 10.1 Å². The SMILES string of the molecule is CS(=O)(=O)c1ccc(-c2cnc(OCC3CCNCC3)c([N+](=O)O)c2)cc1. The summed E-state index contributed by atoms with van der Waals surface area (Å²) in [5.41, 5.74) is 1.14. The van der Waals surface area contributed by atoms with Gasteiger partial charge in [0.2, 0.25) is 0 Å². The van der Waals surface area contributed by atoms with Crippen LogP contribution in [0.2, 0.25) is 0 Å². The van der Waals surface area contributed by atoms with Crippen molar-refractivity contribution in [2.45, 2.75) is 17.7 Å². The number of hydrogen-bond donors (Lipinski definition) is 2. The van der Waals surface area contributed by atoms with Crippen molar-refractivity contribution >= 4 is 15.5 Å². The van der Waals surface area contributed by atoms with Crippen LogP contribution in [0.3, 0.4) is 0 Å². The van der Waals surface area contributed by atoms with E-state index < -0.39 is 9.84 Å². The van der Waals surface area contributed by atoms with E-state index in [0.717, 1.165) is 32.2 Å². The lowest BCUT2D eigenvalue weighted by molar-refractivity contribution is -0.730. The van der Waals surface area contributed by atoms with Crippen LogP contribution < -0.4 is 10.1 Å². The van der Waals surface area contributed by atoms with Crippen LogP contribution in [0.5, 0.6) is 5.88 Å². The zero-order valence-electron chi connectivity index (χ0n) is 15.0. The Morgan fingerprint density at radius 2 is 1.89 bits per heavy atom. The summed E-state index contributed by atoms with van der Waals surface area (Å²) in [6, 6.07) is 7.69. The summed E-state index contributed by atoms with van der Waals surface area (Å²) in [6.07, 6.45) is 4.64. The quantitative estimate of drug-likeness (QED) is 0.726. The maximum Gasteiger partial charge on any atom is 0.378 e. The molecule has 1 saturated heterocycles. The predicted molar refractivity (Wildman–Crippen MR) is 98.9 cm³/mol. The average Bonchev–Trinajstić information content (AvgIpc) is 2.66. The number of nitrogens with zero attached hydrogens (tertiary/aromatic N) is 2. The van der Waals surface area contributed by atoms with Crippen molar-refractivity contribution in [1.82, 2.24) is 10.3 Å². The van der Waals surface area contributed by atoms with Crippen LogP contribution in [0.15, 0.2) is 41.4 Å². The lowest BCUT2D eigenvalue weighted by atomic mass is 9.99. The van der Waals surface area contributed by atoms with Gasteiger partial charge in [0.25, 0.3) is 10.8 Å². The van der Waals surface area contributed by atoms with E-state index in [9.17, 15) is 18.5 Å². The van der Waals surface area contributed by atoms with Crippen LogP contribution >= 0.6 is 0 Å². The number of nitrogens with one attached hydrogen (secondary N) is 1. The highest BCUT2D eigenvalue weighted by Gasteiger charge is 2.25. The summed E-state index contributed by atoms with van der Waals surface area (Å²) in [4.78, 5) is 15.7. The first-order valence-corrected chi connectivity index (χ1v) is 10.5. The molecule has 0 bridgehead atoms. The Bertz CT molecular complexity index is 923. The first-order valence-electron chi connectivity index (χ1n) is 8.65. The maximum absolute atomic E-state index is 11.6. The topological polar surface area (TPSA) is 109 Å². The van der Waals surface area contributed by atoms with Gasteiger partial charge >= 0.3 is 5.69 Å². The smallest absolute Gasteiger partial charge is 0.378 e. The van der Waals surface area contributed by atoms with Gasteiger partial charge in [-0.15, -0.1) is 0 Å². The van der Waals surface area contributed by atoms with Crippen LogP contribution in [-0.4, -0.2) is 49.5 Å². The first kappa shape index (κ1) is 19.2. The summed E-state index contributed by atoms with van der Waals surface area (Å²) in [7, 11) is -3.29. The number of pyridine rings is 1. The molecule has 0 spiro atoms. The van der Waals surface area contributed by atoms with E-state index >= 15 is 0 Å². The highest BCUT2D eigenvalue weighted by molar-refractivity contribution is 7.90. The largest absolute Gasteiger partial charge is 0.472 e. The number of aromatic nitrogens is 1. The van der Waals surface area contributed by atoms with E-state index in [1.807, 2.05) is 0 Å². The van der Waals surface area contributed by atoms with Gasteiger partial charge in [0.15, 0.2) is 9.84 Å². The second kappa shape index (κ2) is 8.01. The molecule has 1 fully saturated rings. The molecule has 1 aromatic heterocycles. The van der Waals surface area contributed by atoms with E-state index in [2.05, 4.69) is 10.3 Å². The summed E-state index contributed by atoms with van der Waals surface area (Å²) >= 11 is 0. The highest BCUT2D eigenvalue weighted by atomic mass is 32.2. The third-order valence-corrected chi connectivity index (χ3v) is 5.70. The molecule has 0 aliphatic carbocycles. The maximum atomic E-state index is 11.6. The Morgan fingerprint density at radius 1 is 1.22 bits per heavy atom. The summed E-state index contributed by atoms with van der Waals surface area (Å²) < 4.78 is 28.8. The molecule has 1 aliphatic heterocycles. The number of piperidine rings is 1. The molecular formula is C18H22N3O5S+. The van der Waals surface area contributed by atoms with Gasteiger partial charge in [0.05, 0.1) is 16.4 Å². The number of sulfone groups is 1. The van der Waals surface area contributed by atoms with Gasteiger partial charge in [-0.2, -0.15) is 0 Å². The van der Waals surface area contributed by atoms with Crippen molar-refractivity contribution in [1.29, 1.82) is 0 Å². The van der Waals surface area contributed by atoms with Gasteiger partial charge in [0, 0.05) is 24.1 Å². The Hall–Kier alpha value is -2.52. The Labute approximate surface area is 157 Å². The number of rotatable bonds is 6. The standard InChI is InChI=1S/C18H22N3O5S/c1-27(24,25)16-4-2-14(3-5-16)15-10-17(21(22)23)18(20-11-15)26-12-13-6-8-19-9-7-13/h2-5,10-11,13,19H,6-9,12H2,1H3,(H,22,23)/q+1. The normalized spacial score (nSPS) is 15.4. The molecule has 1 aliphatic rings. The minimum atomic E-state index is -3.29. The van der Waals surface area contributed by atoms with Crippen LogP contribution in [0.1, 0.15) is 12.8 Å². The summed E-state index contributed by atoms with van der Waals surface area (Å²) in [5.74, 6) is 0.449. The average molecular weight is 392 g/mol. The molecule has 8 nitrogen and oxygen atoms in total. The molecule has 0 atom stereocenters. The molecule has 0 saturated carbocycles. The lowest BCUT2D eigenvalue weighted by Gasteiger charge is -2.22. The van der Waals surface area contributed by atoms with Crippen molar-refractivity contribution in [3.05, 3.63) is 41.4 Å².